The summed E-state index contributed by atoms with van der Waals surface area (Å²) < 4.78 is 120. The zero-order chi connectivity index (χ0) is 51.9. The highest BCUT2D eigenvalue weighted by Crippen LogP contribution is 2.50. The summed E-state index contributed by atoms with van der Waals surface area (Å²) in [7, 11) is -15.2. The molecule has 2 aliphatic heterocycles. The lowest BCUT2D eigenvalue weighted by molar-refractivity contribution is -0.437. The second-order valence-electron chi connectivity index (χ2n) is 15.9. The van der Waals surface area contributed by atoms with Crippen LogP contribution in [0.25, 0.3) is 0 Å². The molecule has 0 atom stereocenters. The normalized spacial score (nSPS) is 15.0. The minimum Gasteiger partial charge on any atom is -0.748 e. The number of carbonyl (C=O) groups is 5. The summed E-state index contributed by atoms with van der Waals surface area (Å²) in [5.41, 5.74) is 1.29. The van der Waals surface area contributed by atoms with Gasteiger partial charge in [0.25, 0.3) is 16.0 Å². The van der Waals surface area contributed by atoms with Crippen molar-refractivity contribution in [1.29, 1.82) is 0 Å². The van der Waals surface area contributed by atoms with Crippen molar-refractivity contribution in [3.8, 4) is 0 Å². The molecule has 0 saturated carbocycles. The van der Waals surface area contributed by atoms with Crippen LogP contribution in [0.15, 0.2) is 54.3 Å². The molecular formula is C41H53N5O18S4. The highest BCUT2D eigenvalue weighted by Gasteiger charge is 2.47. The number of allylic oxidation sites excluding steroid dienone is 4. The van der Waals surface area contributed by atoms with Gasteiger partial charge in [0, 0.05) is 84.7 Å². The molecular weight excluding hydrogens is 979 g/mol. The maximum absolute atomic E-state index is 14.1. The van der Waals surface area contributed by atoms with Crippen molar-refractivity contribution in [2.24, 2.45) is 0 Å². The number of carbonyl (C=O) groups excluding carboxylic acids is 4. The first-order valence-electron chi connectivity index (χ1n) is 20.5. The Balaban J connectivity index is 0.00000183. The average Bonchev–Trinajstić information content (AvgIpc) is 3.55. The molecule has 23 nitrogen and oxygen atoms in total. The smallest absolute Gasteiger partial charge is 0.425 e. The Morgan fingerprint density at radius 2 is 1.38 bits per heavy atom. The Morgan fingerprint density at radius 3 is 1.93 bits per heavy atom. The minimum absolute atomic E-state index is 0.0128. The molecule has 2 aliphatic rings. The Morgan fingerprint density at radius 1 is 0.794 bits per heavy atom. The number of amides is 3. The fourth-order valence-electron chi connectivity index (χ4n) is 7.92. The molecule has 0 saturated heterocycles. The largest absolute Gasteiger partial charge is 0.748 e. The van der Waals surface area contributed by atoms with E-state index in [9.17, 15) is 55.0 Å². The number of carboxylic acids is 1. The van der Waals surface area contributed by atoms with Crippen molar-refractivity contribution in [3.63, 3.8) is 0 Å². The van der Waals surface area contributed by atoms with E-state index in [2.05, 4.69) is 16.0 Å². The Labute approximate surface area is 396 Å². The molecule has 0 spiro atoms. The van der Waals surface area contributed by atoms with Crippen LogP contribution in [0.1, 0.15) is 109 Å². The molecule has 2 aromatic rings. The van der Waals surface area contributed by atoms with Crippen LogP contribution < -0.4 is 20.9 Å². The zero-order valence-electron chi connectivity index (χ0n) is 37.9. The van der Waals surface area contributed by atoms with Crippen molar-refractivity contribution in [1.82, 2.24) is 16.0 Å². The number of nitrogens with one attached hydrogen (secondary N) is 3. The standard InChI is InChI=1S/C41H53N5O12S2.2O3S/c1-7-42-34(48)18-17-31(47)28-23-26(38(50)44-25-35(49)43-8-2)24-30-37(28)41(5,6)33(46(30)20-12-22-60(56,57)58)16-10-15-32-40(3,4)36-27(39(51)52)13-9-14-29(36)45(32)19-11-21-59(53,54)55;2*1-4(2)3/h9-10,13-16,23-24H,7-8,11-12,17-22,25H2,1-6H3,(H5-,42,43,44,48,49,50,51,52,53,54,55,56,57,58);;. The Kier molecular flexibility index (Phi) is 21.2. The van der Waals surface area contributed by atoms with E-state index in [-0.39, 0.29) is 67.9 Å². The zero-order valence-corrected chi connectivity index (χ0v) is 41.1. The number of benzene rings is 2. The van der Waals surface area contributed by atoms with E-state index >= 15 is 0 Å². The second kappa shape index (κ2) is 24.9. The van der Waals surface area contributed by atoms with Gasteiger partial charge in [-0.1, -0.05) is 26.0 Å². The highest BCUT2D eigenvalue weighted by atomic mass is 32.2. The molecule has 4 rings (SSSR count). The molecule has 0 bridgehead atoms. The summed E-state index contributed by atoms with van der Waals surface area (Å²) in [6.07, 6.45) is 4.71. The third-order valence-electron chi connectivity index (χ3n) is 10.5. The molecule has 2 aromatic carbocycles. The number of Topliss-reactive ketones (excluding diaryl/α,β-unsaturated/α-hetero) is 1. The van der Waals surface area contributed by atoms with Crippen molar-refractivity contribution in [2.45, 2.75) is 78.1 Å². The van der Waals surface area contributed by atoms with E-state index in [1.54, 1.807) is 53.7 Å². The van der Waals surface area contributed by atoms with Gasteiger partial charge >= 0.3 is 27.2 Å². The van der Waals surface area contributed by atoms with Gasteiger partial charge in [-0.15, -0.1) is 25.3 Å². The number of likely N-dealkylation sites (N-methyl/N-ethyl adjacent to an activating group) is 1. The number of hydrogen-bond acceptors (Lipinski definition) is 17. The summed E-state index contributed by atoms with van der Waals surface area (Å²) in [6, 6.07) is 7.73. The summed E-state index contributed by atoms with van der Waals surface area (Å²) in [6.45, 7) is 11.2. The predicted octanol–water partition coefficient (Wildman–Crippen LogP) is 1.17. The first-order valence-corrected chi connectivity index (χ1v) is 25.7. The van der Waals surface area contributed by atoms with E-state index in [0.29, 0.717) is 47.0 Å². The molecule has 0 aliphatic carbocycles. The lowest BCUT2D eigenvalue weighted by atomic mass is 9.78. The van der Waals surface area contributed by atoms with Gasteiger partial charge in [-0.25, -0.2) is 13.2 Å². The molecule has 2 heterocycles. The second-order valence-corrected chi connectivity index (χ2v) is 19.9. The molecule has 374 valence electrons. The summed E-state index contributed by atoms with van der Waals surface area (Å²) in [4.78, 5) is 66.3. The number of anilines is 1. The average molecular weight is 1030 g/mol. The molecule has 0 fully saturated rings. The van der Waals surface area contributed by atoms with Crippen molar-refractivity contribution < 1.29 is 84.8 Å². The fourth-order valence-corrected chi connectivity index (χ4v) is 8.90. The lowest BCUT2D eigenvalue weighted by Gasteiger charge is -2.27. The highest BCUT2D eigenvalue weighted by molar-refractivity contribution is 7.85. The third-order valence-corrected chi connectivity index (χ3v) is 12.0. The van der Waals surface area contributed by atoms with Gasteiger partial charge in [0.05, 0.1) is 39.0 Å². The van der Waals surface area contributed by atoms with Crippen LogP contribution in [-0.2, 0) is 61.9 Å². The number of nitrogens with zero attached hydrogens (tertiary/aromatic N) is 2. The molecule has 3 amide bonds. The number of carboxylic acid groups (broad SMARTS) is 1. The quantitative estimate of drug-likeness (QED) is 0.0706. The van der Waals surface area contributed by atoms with E-state index < -0.39 is 87.4 Å². The summed E-state index contributed by atoms with van der Waals surface area (Å²) in [5, 5.41) is 17.9. The van der Waals surface area contributed by atoms with E-state index in [1.807, 2.05) is 27.7 Å². The van der Waals surface area contributed by atoms with Crippen LogP contribution in [0.5, 0.6) is 0 Å². The van der Waals surface area contributed by atoms with Gasteiger partial charge < -0.3 is 30.5 Å². The summed E-state index contributed by atoms with van der Waals surface area (Å²) >= 11 is 0. The molecule has 0 radical (unpaired) electrons. The van der Waals surface area contributed by atoms with Crippen LogP contribution >= 0.6 is 0 Å². The molecule has 0 aromatic heterocycles. The van der Waals surface area contributed by atoms with E-state index in [0.717, 1.165) is 0 Å². The lowest BCUT2D eigenvalue weighted by Crippen LogP contribution is -2.36. The first-order chi connectivity index (χ1) is 31.4. The molecule has 27 heteroatoms. The van der Waals surface area contributed by atoms with Gasteiger partial charge in [-0.2, -0.15) is 13.0 Å². The Bertz CT molecular complexity index is 2810. The molecule has 0 unspecified atom stereocenters. The van der Waals surface area contributed by atoms with Crippen LogP contribution in [0.4, 0.5) is 11.4 Å². The van der Waals surface area contributed by atoms with E-state index in [4.69, 9.17) is 25.3 Å². The van der Waals surface area contributed by atoms with Crippen molar-refractivity contribution in [3.05, 3.63) is 82.1 Å². The SMILES string of the molecule is CCNC(=O)CCC(=O)c1cc(C(=O)NCC(=O)NCC)cc2c1C(C)(C)C(=CC=CC1=[N+](CCCS(=O)(=O)O)c3cccc(C(=O)O)c3C1(C)C)N2CCCS(=O)(=O)[O-].O=S(=O)=O.O=S(=O)=O. The van der Waals surface area contributed by atoms with Crippen LogP contribution in [0.3, 0.4) is 0 Å². The number of rotatable bonds is 20. The maximum Gasteiger partial charge on any atom is 0.425 e. The van der Waals surface area contributed by atoms with Gasteiger partial charge in [-0.05, 0) is 64.0 Å². The van der Waals surface area contributed by atoms with Crippen LogP contribution in [0.2, 0.25) is 0 Å². The minimum atomic E-state index is -4.63. The van der Waals surface area contributed by atoms with E-state index in [1.165, 1.54) is 18.2 Å². The number of hydrogen-bond donors (Lipinski definition) is 5. The number of ketones is 1. The first kappa shape index (κ1) is 58.1. The van der Waals surface area contributed by atoms with Gasteiger partial charge in [-0.3, -0.25) is 23.7 Å². The van der Waals surface area contributed by atoms with Crippen molar-refractivity contribution >= 4 is 88.0 Å². The molecule has 5 N–H and O–H groups in total. The fraction of sp³-hybridized carbons (Fsp3) is 0.463. The van der Waals surface area contributed by atoms with Crippen molar-refractivity contribution in [2.75, 3.05) is 49.1 Å². The maximum atomic E-state index is 14.1. The summed E-state index contributed by atoms with van der Waals surface area (Å²) in [5.74, 6) is -4.29. The van der Waals surface area contributed by atoms with Gasteiger partial charge in [0.1, 0.15) is 6.54 Å². The third kappa shape index (κ3) is 16.7. The van der Waals surface area contributed by atoms with Gasteiger partial charge in [0.2, 0.25) is 17.5 Å². The predicted molar refractivity (Wildman–Crippen MR) is 243 cm³/mol. The topological polar surface area (TPSA) is 362 Å². The van der Waals surface area contributed by atoms with Crippen LogP contribution in [-0.4, -0.2) is 140 Å². The number of aromatic carboxylic acids is 1. The van der Waals surface area contributed by atoms with Crippen LogP contribution in [0, 0.1) is 0 Å². The number of fused-ring (bicyclic) bond motifs is 2. The monoisotopic (exact) mass is 1030 g/mol. The molecule has 68 heavy (non-hydrogen) atoms. The van der Waals surface area contributed by atoms with Gasteiger partial charge in [0.15, 0.2) is 11.5 Å². The Hall–Kier alpha value is -6.00.